The Balaban J connectivity index is 1.62. The third-order valence-electron chi connectivity index (χ3n) is 5.54. The Morgan fingerprint density at radius 1 is 0.966 bits per heavy atom. The van der Waals surface area contributed by atoms with Crippen molar-refractivity contribution in [2.75, 3.05) is 7.05 Å². The number of nitrogens with one attached hydrogen (secondary N) is 1. The summed E-state index contributed by atoms with van der Waals surface area (Å²) in [5.41, 5.74) is 2.47. The van der Waals surface area contributed by atoms with Gasteiger partial charge in [-0.05, 0) is 49.6 Å². The maximum Gasteiger partial charge on any atom is 0.251 e. The molecular formula is C23H30N2O3S. The third kappa shape index (κ3) is 5.67. The van der Waals surface area contributed by atoms with Crippen LogP contribution in [0.2, 0.25) is 0 Å². The molecule has 0 atom stereocenters. The number of amides is 1. The zero-order valence-corrected chi connectivity index (χ0v) is 18.0. The van der Waals surface area contributed by atoms with Crippen LogP contribution in [0.15, 0.2) is 53.4 Å². The highest BCUT2D eigenvalue weighted by molar-refractivity contribution is 7.89. The summed E-state index contributed by atoms with van der Waals surface area (Å²) in [5, 5.41) is 3.14. The lowest BCUT2D eigenvalue weighted by Gasteiger charge is -2.18. The van der Waals surface area contributed by atoms with Crippen LogP contribution in [0.1, 0.15) is 60.0 Å². The van der Waals surface area contributed by atoms with Gasteiger partial charge in [-0.15, -0.1) is 0 Å². The van der Waals surface area contributed by atoms with Crippen LogP contribution >= 0.6 is 0 Å². The van der Waals surface area contributed by atoms with E-state index >= 15 is 0 Å². The van der Waals surface area contributed by atoms with E-state index in [0.29, 0.717) is 5.56 Å². The summed E-state index contributed by atoms with van der Waals surface area (Å²) in [6, 6.07) is 14.3. The van der Waals surface area contributed by atoms with Gasteiger partial charge in [0.2, 0.25) is 10.0 Å². The van der Waals surface area contributed by atoms with Crippen molar-refractivity contribution >= 4 is 15.9 Å². The number of nitrogens with zero attached hydrogens (tertiary/aromatic N) is 1. The van der Waals surface area contributed by atoms with E-state index in [-0.39, 0.29) is 23.4 Å². The standard InChI is InChI=1S/C23H30N2O3S/c1-18-9-15-22(16-10-18)29(27,28)25(2)17-19-11-13-20(14-12-19)23(26)24-21-7-5-3-4-6-8-21/h9-16,21H,3-8,17H2,1-2H3,(H,24,26). The Morgan fingerprint density at radius 3 is 2.14 bits per heavy atom. The predicted octanol–water partition coefficient (Wildman–Crippen LogP) is 4.27. The second kappa shape index (κ2) is 9.55. The van der Waals surface area contributed by atoms with E-state index in [1.165, 1.54) is 30.0 Å². The lowest BCUT2D eigenvalue weighted by Crippen LogP contribution is -2.34. The second-order valence-corrected chi connectivity index (χ2v) is 9.98. The topological polar surface area (TPSA) is 66.5 Å². The molecule has 0 aromatic heterocycles. The number of sulfonamides is 1. The van der Waals surface area contributed by atoms with Crippen LogP contribution in [-0.4, -0.2) is 31.7 Å². The number of hydrogen-bond acceptors (Lipinski definition) is 3. The first kappa shape index (κ1) is 21.5. The van der Waals surface area contributed by atoms with Crippen LogP contribution in [0.5, 0.6) is 0 Å². The normalized spacial score (nSPS) is 15.8. The molecule has 1 saturated carbocycles. The average molecular weight is 415 g/mol. The van der Waals surface area contributed by atoms with Crippen LogP contribution in [-0.2, 0) is 16.6 Å². The van der Waals surface area contributed by atoms with Gasteiger partial charge in [-0.25, -0.2) is 8.42 Å². The van der Waals surface area contributed by atoms with Gasteiger partial charge in [0.15, 0.2) is 0 Å². The Bertz CT molecular complexity index is 914. The van der Waals surface area contributed by atoms with Crippen molar-refractivity contribution in [3.63, 3.8) is 0 Å². The Morgan fingerprint density at radius 2 is 1.55 bits per heavy atom. The summed E-state index contributed by atoms with van der Waals surface area (Å²) in [6.45, 7) is 2.17. The Kier molecular flexibility index (Phi) is 7.09. The van der Waals surface area contributed by atoms with E-state index in [2.05, 4.69) is 5.32 Å². The molecule has 1 amide bonds. The van der Waals surface area contributed by atoms with Crippen LogP contribution in [0, 0.1) is 6.92 Å². The second-order valence-electron chi connectivity index (χ2n) is 7.93. The molecule has 0 saturated heterocycles. The number of benzene rings is 2. The summed E-state index contributed by atoms with van der Waals surface area (Å²) in [7, 11) is -1.98. The van der Waals surface area contributed by atoms with Crippen molar-refractivity contribution < 1.29 is 13.2 Å². The first-order chi connectivity index (χ1) is 13.9. The maximum absolute atomic E-state index is 12.7. The zero-order chi connectivity index (χ0) is 20.9. The first-order valence-corrected chi connectivity index (χ1v) is 11.7. The quantitative estimate of drug-likeness (QED) is 0.718. The van der Waals surface area contributed by atoms with Crippen LogP contribution < -0.4 is 5.32 Å². The lowest BCUT2D eigenvalue weighted by molar-refractivity contribution is 0.0933. The third-order valence-corrected chi connectivity index (χ3v) is 7.36. The fraction of sp³-hybridized carbons (Fsp3) is 0.435. The van der Waals surface area contributed by atoms with Crippen LogP contribution in [0.3, 0.4) is 0 Å². The van der Waals surface area contributed by atoms with E-state index in [9.17, 15) is 13.2 Å². The van der Waals surface area contributed by atoms with E-state index in [4.69, 9.17) is 0 Å². The van der Waals surface area contributed by atoms with Gasteiger partial charge in [-0.1, -0.05) is 55.5 Å². The zero-order valence-electron chi connectivity index (χ0n) is 17.2. The fourth-order valence-electron chi connectivity index (χ4n) is 3.69. The molecule has 2 aromatic carbocycles. The van der Waals surface area contributed by atoms with Gasteiger partial charge < -0.3 is 5.32 Å². The molecule has 3 rings (SSSR count). The average Bonchev–Trinajstić information content (AvgIpc) is 2.97. The molecule has 6 heteroatoms. The SMILES string of the molecule is Cc1ccc(S(=O)(=O)N(C)Cc2ccc(C(=O)NC3CCCCCC3)cc2)cc1. The first-order valence-electron chi connectivity index (χ1n) is 10.3. The molecule has 0 unspecified atom stereocenters. The molecule has 156 valence electrons. The van der Waals surface area contributed by atoms with Crippen molar-refractivity contribution in [3.8, 4) is 0 Å². The van der Waals surface area contributed by atoms with E-state index in [1.807, 2.05) is 19.1 Å². The van der Waals surface area contributed by atoms with Crippen LogP contribution in [0.25, 0.3) is 0 Å². The van der Waals surface area contributed by atoms with Gasteiger partial charge in [0.05, 0.1) is 4.90 Å². The molecule has 29 heavy (non-hydrogen) atoms. The highest BCUT2D eigenvalue weighted by Crippen LogP contribution is 2.19. The predicted molar refractivity (Wildman–Crippen MR) is 115 cm³/mol. The van der Waals surface area contributed by atoms with E-state index < -0.39 is 10.0 Å². The molecule has 2 aromatic rings. The summed E-state index contributed by atoms with van der Waals surface area (Å²) in [4.78, 5) is 12.8. The molecule has 5 nitrogen and oxygen atoms in total. The minimum Gasteiger partial charge on any atom is -0.349 e. The number of rotatable bonds is 6. The van der Waals surface area contributed by atoms with Crippen molar-refractivity contribution in [2.45, 2.75) is 62.9 Å². The molecule has 0 spiro atoms. The van der Waals surface area contributed by atoms with Gasteiger partial charge in [-0.2, -0.15) is 4.31 Å². The molecule has 1 N–H and O–H groups in total. The monoisotopic (exact) mass is 414 g/mol. The number of aryl methyl sites for hydroxylation is 1. The number of carbonyl (C=O) groups is 1. The molecule has 1 fully saturated rings. The summed E-state index contributed by atoms with van der Waals surface area (Å²) >= 11 is 0. The number of hydrogen-bond donors (Lipinski definition) is 1. The maximum atomic E-state index is 12.7. The van der Waals surface area contributed by atoms with Gasteiger partial charge in [-0.3, -0.25) is 4.79 Å². The molecule has 0 aliphatic heterocycles. The Labute approximate surface area is 174 Å². The van der Waals surface area contributed by atoms with E-state index in [0.717, 1.165) is 24.0 Å². The minimum absolute atomic E-state index is 0.0518. The van der Waals surface area contributed by atoms with Gasteiger partial charge >= 0.3 is 0 Å². The Hall–Kier alpha value is -2.18. The van der Waals surface area contributed by atoms with Crippen molar-refractivity contribution in [2.24, 2.45) is 0 Å². The molecular weight excluding hydrogens is 384 g/mol. The largest absolute Gasteiger partial charge is 0.349 e. The highest BCUT2D eigenvalue weighted by Gasteiger charge is 2.21. The molecule has 0 bridgehead atoms. The fourth-order valence-corrected chi connectivity index (χ4v) is 4.85. The highest BCUT2D eigenvalue weighted by atomic mass is 32.2. The molecule has 1 aliphatic carbocycles. The molecule has 0 heterocycles. The van der Waals surface area contributed by atoms with Gasteiger partial charge in [0.25, 0.3) is 5.91 Å². The van der Waals surface area contributed by atoms with Crippen molar-refractivity contribution in [1.82, 2.24) is 9.62 Å². The molecule has 1 aliphatic rings. The summed E-state index contributed by atoms with van der Waals surface area (Å²) < 4.78 is 26.8. The van der Waals surface area contributed by atoms with Crippen molar-refractivity contribution in [3.05, 3.63) is 65.2 Å². The molecule has 0 radical (unpaired) electrons. The van der Waals surface area contributed by atoms with Gasteiger partial charge in [0, 0.05) is 25.2 Å². The smallest absolute Gasteiger partial charge is 0.251 e. The summed E-state index contributed by atoms with van der Waals surface area (Å²) in [6.07, 6.45) is 6.94. The van der Waals surface area contributed by atoms with Crippen LogP contribution in [0.4, 0.5) is 0 Å². The number of carbonyl (C=O) groups excluding carboxylic acids is 1. The van der Waals surface area contributed by atoms with E-state index in [1.54, 1.807) is 43.4 Å². The summed E-state index contributed by atoms with van der Waals surface area (Å²) in [5.74, 6) is -0.0518. The van der Waals surface area contributed by atoms with Gasteiger partial charge in [0.1, 0.15) is 0 Å². The minimum atomic E-state index is -3.55. The lowest BCUT2D eigenvalue weighted by atomic mass is 10.1. The van der Waals surface area contributed by atoms with Crippen molar-refractivity contribution in [1.29, 1.82) is 0 Å².